The van der Waals surface area contributed by atoms with Crippen LogP contribution in [0.5, 0.6) is 11.5 Å². The number of methoxy groups -OCH3 is 1. The van der Waals surface area contributed by atoms with E-state index in [1.54, 1.807) is 7.11 Å². The molecule has 42 heavy (non-hydrogen) atoms. The zero-order valence-corrected chi connectivity index (χ0v) is 25.2. The molecule has 2 fully saturated rings. The van der Waals surface area contributed by atoms with Crippen LogP contribution in [0.15, 0.2) is 79.0 Å². The van der Waals surface area contributed by atoms with Crippen molar-refractivity contribution in [3.63, 3.8) is 0 Å². The minimum atomic E-state index is 0.212. The van der Waals surface area contributed by atoms with Gasteiger partial charge in [0, 0.05) is 24.2 Å². The number of epoxide rings is 1. The van der Waals surface area contributed by atoms with E-state index >= 15 is 0 Å². The summed E-state index contributed by atoms with van der Waals surface area (Å²) in [5.41, 5.74) is 6.50. The van der Waals surface area contributed by atoms with Crippen LogP contribution in [-0.4, -0.2) is 31.2 Å². The average Bonchev–Trinajstić information content (AvgIpc) is 3.83. The van der Waals surface area contributed by atoms with E-state index in [0.29, 0.717) is 24.7 Å². The Morgan fingerprint density at radius 3 is 2.52 bits per heavy atom. The van der Waals surface area contributed by atoms with Crippen molar-refractivity contribution in [2.45, 2.75) is 70.9 Å². The molecule has 5 heteroatoms. The topological polar surface area (TPSA) is 38.1 Å². The van der Waals surface area contributed by atoms with Gasteiger partial charge in [0.2, 0.25) is 5.52 Å². The van der Waals surface area contributed by atoms with Gasteiger partial charge in [-0.25, -0.2) is 0 Å². The molecule has 4 aromatic rings. The molecule has 1 aromatic heterocycles. The predicted molar refractivity (Wildman–Crippen MR) is 166 cm³/mol. The summed E-state index contributed by atoms with van der Waals surface area (Å²) in [5, 5.41) is 1.23. The lowest BCUT2D eigenvalue weighted by Crippen LogP contribution is -2.36. The molecular weight excluding hydrogens is 520 g/mol. The SMILES string of the molecule is COc1cc2c(cc1OCc1cc[n+](C(C)C)c3ccccc13)CC(CC1CCN(Cc3ccccc3)CC1)C1OC21. The number of benzene rings is 3. The molecule has 218 valence electrons. The maximum Gasteiger partial charge on any atom is 0.213 e. The van der Waals surface area contributed by atoms with Gasteiger partial charge in [0.1, 0.15) is 12.7 Å². The molecule has 7 rings (SSSR count). The highest BCUT2D eigenvalue weighted by atomic mass is 16.6. The monoisotopic (exact) mass is 563 g/mol. The fourth-order valence-corrected chi connectivity index (χ4v) is 7.37. The standard InChI is InChI=1S/C37H43N2O3/c1-25(2)39-18-15-28(31-11-7-8-12-33(31)39)24-41-35-21-29-20-30(36-37(42-36)32(29)22-34(35)40-3)19-26-13-16-38(17-14-26)23-27-9-5-4-6-10-27/h4-12,15,18,21-22,25-26,30,36-37H,13-14,16-17,19-20,23-24H2,1-3H3/q+1. The molecular formula is C37H43N2O3+. The smallest absolute Gasteiger partial charge is 0.213 e. The largest absolute Gasteiger partial charge is 0.493 e. The molecule has 2 saturated heterocycles. The lowest BCUT2D eigenvalue weighted by Gasteiger charge is -2.34. The van der Waals surface area contributed by atoms with Crippen LogP contribution in [0.2, 0.25) is 0 Å². The van der Waals surface area contributed by atoms with Gasteiger partial charge in [0.05, 0.1) is 18.6 Å². The van der Waals surface area contributed by atoms with E-state index in [1.165, 1.54) is 65.5 Å². The molecule has 1 aliphatic carbocycles. The Morgan fingerprint density at radius 1 is 0.952 bits per heavy atom. The second-order valence-corrected chi connectivity index (χ2v) is 12.8. The van der Waals surface area contributed by atoms with Gasteiger partial charge in [-0.15, -0.1) is 0 Å². The Labute approximate surface area is 250 Å². The van der Waals surface area contributed by atoms with Crippen LogP contribution in [0.1, 0.15) is 67.5 Å². The molecule has 0 radical (unpaired) electrons. The third kappa shape index (κ3) is 5.52. The molecule has 3 atom stereocenters. The summed E-state index contributed by atoms with van der Waals surface area (Å²) in [6, 6.07) is 26.5. The van der Waals surface area contributed by atoms with E-state index in [1.807, 2.05) is 0 Å². The van der Waals surface area contributed by atoms with Gasteiger partial charge in [-0.05, 0) is 99.3 Å². The van der Waals surface area contributed by atoms with Crippen molar-refractivity contribution in [3.8, 4) is 11.5 Å². The number of likely N-dealkylation sites (tertiary alicyclic amines) is 1. The molecule has 5 nitrogen and oxygen atoms in total. The Morgan fingerprint density at radius 2 is 1.74 bits per heavy atom. The van der Waals surface area contributed by atoms with Gasteiger partial charge < -0.3 is 14.2 Å². The summed E-state index contributed by atoms with van der Waals surface area (Å²) in [6.45, 7) is 8.39. The second-order valence-electron chi connectivity index (χ2n) is 12.8. The first-order chi connectivity index (χ1) is 20.6. The van der Waals surface area contributed by atoms with Gasteiger partial charge in [-0.2, -0.15) is 4.57 Å². The van der Waals surface area contributed by atoms with Crippen molar-refractivity contribution >= 4 is 10.9 Å². The summed E-state index contributed by atoms with van der Waals surface area (Å²) in [7, 11) is 1.74. The molecule has 0 N–H and O–H groups in total. The third-order valence-corrected chi connectivity index (χ3v) is 9.70. The Kier molecular flexibility index (Phi) is 7.64. The molecule has 3 heterocycles. The Balaban J connectivity index is 1.03. The summed E-state index contributed by atoms with van der Waals surface area (Å²) in [4.78, 5) is 2.62. The highest BCUT2D eigenvalue weighted by molar-refractivity contribution is 5.79. The zero-order valence-electron chi connectivity index (χ0n) is 25.2. The summed E-state index contributed by atoms with van der Waals surface area (Å²) in [6.07, 6.45) is 7.64. The van der Waals surface area contributed by atoms with Crippen molar-refractivity contribution in [1.82, 2.24) is 4.90 Å². The summed E-state index contributed by atoms with van der Waals surface area (Å²) in [5.74, 6) is 2.99. The molecule has 3 aliphatic rings. The molecule has 3 unspecified atom stereocenters. The average molecular weight is 564 g/mol. The van der Waals surface area contributed by atoms with E-state index in [-0.39, 0.29) is 6.10 Å². The Bertz CT molecular complexity index is 1540. The van der Waals surface area contributed by atoms with Crippen LogP contribution >= 0.6 is 0 Å². The Hall–Kier alpha value is -3.41. The van der Waals surface area contributed by atoms with Crippen LogP contribution in [0, 0.1) is 11.8 Å². The number of hydrogen-bond donors (Lipinski definition) is 0. The second kappa shape index (κ2) is 11.7. The number of nitrogens with zero attached hydrogens (tertiary/aromatic N) is 2. The van der Waals surface area contributed by atoms with Gasteiger partial charge in [-0.3, -0.25) is 4.90 Å². The highest BCUT2D eigenvalue weighted by Crippen LogP contribution is 2.54. The maximum atomic E-state index is 6.50. The van der Waals surface area contributed by atoms with Crippen molar-refractivity contribution < 1.29 is 18.8 Å². The quantitative estimate of drug-likeness (QED) is 0.159. The van der Waals surface area contributed by atoms with Crippen molar-refractivity contribution in [2.75, 3.05) is 20.2 Å². The number of piperidine rings is 1. The normalized spacial score (nSPS) is 22.1. The van der Waals surface area contributed by atoms with Gasteiger partial charge in [0.25, 0.3) is 0 Å². The molecule has 0 saturated carbocycles. The van der Waals surface area contributed by atoms with Gasteiger partial charge in [0.15, 0.2) is 23.7 Å². The minimum Gasteiger partial charge on any atom is -0.493 e. The third-order valence-electron chi connectivity index (χ3n) is 9.70. The summed E-state index contributed by atoms with van der Waals surface area (Å²) >= 11 is 0. The maximum absolute atomic E-state index is 6.50. The van der Waals surface area contributed by atoms with Crippen molar-refractivity contribution in [2.24, 2.45) is 11.8 Å². The zero-order chi connectivity index (χ0) is 28.6. The lowest BCUT2D eigenvalue weighted by molar-refractivity contribution is -0.691. The first-order valence-electron chi connectivity index (χ1n) is 15.7. The number of fused-ring (bicyclic) bond motifs is 4. The van der Waals surface area contributed by atoms with Crippen LogP contribution in [-0.2, 0) is 24.3 Å². The molecule has 3 aromatic carbocycles. The van der Waals surface area contributed by atoms with Crippen LogP contribution < -0.4 is 14.0 Å². The van der Waals surface area contributed by atoms with E-state index in [4.69, 9.17) is 14.2 Å². The van der Waals surface area contributed by atoms with Crippen molar-refractivity contribution in [3.05, 3.63) is 101 Å². The number of ether oxygens (including phenoxy) is 3. The molecule has 0 spiro atoms. The fourth-order valence-electron chi connectivity index (χ4n) is 7.37. The fraction of sp³-hybridized carbons (Fsp3) is 0.432. The van der Waals surface area contributed by atoms with E-state index in [0.717, 1.165) is 30.4 Å². The van der Waals surface area contributed by atoms with E-state index < -0.39 is 0 Å². The molecule has 0 bridgehead atoms. The summed E-state index contributed by atoms with van der Waals surface area (Å²) < 4.78 is 20.9. The van der Waals surface area contributed by atoms with Gasteiger partial charge in [-0.1, -0.05) is 42.5 Å². The first kappa shape index (κ1) is 27.4. The van der Waals surface area contributed by atoms with Gasteiger partial charge >= 0.3 is 0 Å². The highest BCUT2D eigenvalue weighted by Gasteiger charge is 2.51. The lowest BCUT2D eigenvalue weighted by atomic mass is 9.77. The van der Waals surface area contributed by atoms with Crippen molar-refractivity contribution in [1.29, 1.82) is 0 Å². The number of rotatable bonds is 9. The number of para-hydroxylation sites is 1. The minimum absolute atomic E-state index is 0.212. The van der Waals surface area contributed by atoms with Crippen LogP contribution in [0.3, 0.4) is 0 Å². The molecule has 2 aliphatic heterocycles. The number of hydrogen-bond acceptors (Lipinski definition) is 4. The number of aromatic nitrogens is 1. The van der Waals surface area contributed by atoms with Crippen LogP contribution in [0.25, 0.3) is 10.9 Å². The van der Waals surface area contributed by atoms with Crippen LogP contribution in [0.4, 0.5) is 0 Å². The van der Waals surface area contributed by atoms with E-state index in [2.05, 4.69) is 102 Å². The predicted octanol–water partition coefficient (Wildman–Crippen LogP) is 7.21. The molecule has 0 amide bonds. The first-order valence-corrected chi connectivity index (χ1v) is 15.7. The number of pyridine rings is 1. The van der Waals surface area contributed by atoms with E-state index in [9.17, 15) is 0 Å².